The van der Waals surface area contributed by atoms with Crippen molar-refractivity contribution in [3.63, 3.8) is 0 Å². The van der Waals surface area contributed by atoms with Gasteiger partial charge in [0.25, 0.3) is 0 Å². The van der Waals surface area contributed by atoms with Gasteiger partial charge in [-0.15, -0.1) is 0 Å². The Labute approximate surface area is 139 Å². The fourth-order valence-electron chi connectivity index (χ4n) is 3.54. The number of amides is 2. The molecule has 2 heterocycles. The maximum absolute atomic E-state index is 13.1. The first-order valence-corrected chi connectivity index (χ1v) is 8.11. The normalized spacial score (nSPS) is 19.7. The fourth-order valence-corrected chi connectivity index (χ4v) is 3.54. The highest BCUT2D eigenvalue weighted by Gasteiger charge is 2.41. The molecule has 0 unspecified atom stereocenters. The minimum absolute atomic E-state index is 0.130. The molecule has 0 aliphatic carbocycles. The Hall–Kier alpha value is -2.69. The minimum atomic E-state index is -0.652. The van der Waals surface area contributed by atoms with Gasteiger partial charge in [0, 0.05) is 24.5 Å². The van der Waals surface area contributed by atoms with Crippen LogP contribution in [0.3, 0.4) is 0 Å². The van der Waals surface area contributed by atoms with Crippen molar-refractivity contribution < 1.29 is 14.0 Å². The number of carbonyl (C=O) groups is 2. The van der Waals surface area contributed by atoms with E-state index in [2.05, 4.69) is 0 Å². The second-order valence-corrected chi connectivity index (χ2v) is 6.18. The standard InChI is InChI=1S/C19H17FN2O2/c20-14-5-7-15(8-6-14)21-12-10-16(18(21)23)19(24)22-11-9-13-3-1-2-4-17(13)22/h1-8,16H,9-12H2/t16-/m0/s1. The Morgan fingerprint density at radius 2 is 1.79 bits per heavy atom. The Balaban J connectivity index is 1.55. The number of rotatable bonds is 2. The lowest BCUT2D eigenvalue weighted by Crippen LogP contribution is -2.39. The zero-order chi connectivity index (χ0) is 16.7. The van der Waals surface area contributed by atoms with E-state index in [1.54, 1.807) is 21.9 Å². The van der Waals surface area contributed by atoms with Gasteiger partial charge < -0.3 is 9.80 Å². The van der Waals surface area contributed by atoms with E-state index in [1.165, 1.54) is 12.1 Å². The average molecular weight is 324 g/mol. The highest BCUT2D eigenvalue weighted by Crippen LogP contribution is 2.32. The predicted molar refractivity (Wildman–Crippen MR) is 89.4 cm³/mol. The highest BCUT2D eigenvalue weighted by molar-refractivity contribution is 6.14. The van der Waals surface area contributed by atoms with Crippen LogP contribution in [0.2, 0.25) is 0 Å². The van der Waals surface area contributed by atoms with Crippen LogP contribution in [0.1, 0.15) is 12.0 Å². The minimum Gasteiger partial charge on any atom is -0.312 e. The fraction of sp³-hybridized carbons (Fsp3) is 0.263. The van der Waals surface area contributed by atoms with E-state index in [0.717, 1.165) is 17.7 Å². The van der Waals surface area contributed by atoms with Crippen LogP contribution in [0.4, 0.5) is 15.8 Å². The smallest absolute Gasteiger partial charge is 0.239 e. The molecule has 0 bridgehead atoms. The molecule has 122 valence electrons. The number of benzene rings is 2. The Bertz CT molecular complexity index is 803. The van der Waals surface area contributed by atoms with Crippen LogP contribution in [-0.4, -0.2) is 24.9 Å². The Morgan fingerprint density at radius 1 is 1.04 bits per heavy atom. The number of anilines is 2. The summed E-state index contributed by atoms with van der Waals surface area (Å²) >= 11 is 0. The monoisotopic (exact) mass is 324 g/mol. The number of fused-ring (bicyclic) bond motifs is 1. The van der Waals surface area contributed by atoms with Gasteiger partial charge in [0.2, 0.25) is 11.8 Å². The van der Waals surface area contributed by atoms with E-state index >= 15 is 0 Å². The van der Waals surface area contributed by atoms with Crippen LogP contribution in [0.25, 0.3) is 0 Å². The third kappa shape index (κ3) is 2.37. The van der Waals surface area contributed by atoms with Gasteiger partial charge in [-0.3, -0.25) is 9.59 Å². The Kier molecular flexibility index (Phi) is 3.56. The van der Waals surface area contributed by atoms with Crippen molar-refractivity contribution in [1.82, 2.24) is 0 Å². The van der Waals surface area contributed by atoms with Crippen LogP contribution in [0.5, 0.6) is 0 Å². The SMILES string of the molecule is O=C1[C@@H](C(=O)N2CCc3ccccc32)CCN1c1ccc(F)cc1. The number of hydrogen-bond acceptors (Lipinski definition) is 2. The molecule has 2 aliphatic rings. The first kappa shape index (κ1) is 14.9. The van der Waals surface area contributed by atoms with E-state index in [1.807, 2.05) is 24.3 Å². The quantitative estimate of drug-likeness (QED) is 0.797. The third-order valence-electron chi connectivity index (χ3n) is 4.80. The molecule has 24 heavy (non-hydrogen) atoms. The molecule has 0 spiro atoms. The van der Waals surface area contributed by atoms with Gasteiger partial charge in [-0.25, -0.2) is 4.39 Å². The van der Waals surface area contributed by atoms with Gasteiger partial charge in [-0.05, 0) is 48.7 Å². The summed E-state index contributed by atoms with van der Waals surface area (Å²) in [6.45, 7) is 1.11. The molecule has 2 aromatic rings. The lowest BCUT2D eigenvalue weighted by Gasteiger charge is -2.21. The zero-order valence-electron chi connectivity index (χ0n) is 13.1. The van der Waals surface area contributed by atoms with E-state index in [-0.39, 0.29) is 17.6 Å². The molecule has 4 nitrogen and oxygen atoms in total. The molecule has 1 atom stereocenters. The van der Waals surface area contributed by atoms with Crippen molar-refractivity contribution in [2.24, 2.45) is 5.92 Å². The summed E-state index contributed by atoms with van der Waals surface area (Å²) in [6, 6.07) is 13.6. The highest BCUT2D eigenvalue weighted by atomic mass is 19.1. The van der Waals surface area contributed by atoms with E-state index < -0.39 is 5.92 Å². The lowest BCUT2D eigenvalue weighted by atomic mass is 10.1. The maximum Gasteiger partial charge on any atom is 0.239 e. The molecule has 1 fully saturated rings. The average Bonchev–Trinajstić information content (AvgIpc) is 3.19. The van der Waals surface area contributed by atoms with E-state index in [9.17, 15) is 14.0 Å². The summed E-state index contributed by atoms with van der Waals surface area (Å²) in [7, 11) is 0. The van der Waals surface area contributed by atoms with Gasteiger partial charge in [-0.2, -0.15) is 0 Å². The molecule has 0 radical (unpaired) electrons. The van der Waals surface area contributed by atoms with Crippen LogP contribution in [-0.2, 0) is 16.0 Å². The first-order chi connectivity index (χ1) is 11.6. The molecule has 2 aliphatic heterocycles. The first-order valence-electron chi connectivity index (χ1n) is 8.11. The summed E-state index contributed by atoms with van der Waals surface area (Å²) in [5.74, 6) is -1.32. The molecule has 2 aromatic carbocycles. The summed E-state index contributed by atoms with van der Waals surface area (Å²) in [4.78, 5) is 28.9. The van der Waals surface area contributed by atoms with Crippen LogP contribution in [0, 0.1) is 11.7 Å². The van der Waals surface area contributed by atoms with Gasteiger partial charge in [0.1, 0.15) is 11.7 Å². The third-order valence-corrected chi connectivity index (χ3v) is 4.80. The van der Waals surface area contributed by atoms with Gasteiger partial charge in [-0.1, -0.05) is 18.2 Å². The van der Waals surface area contributed by atoms with Crippen molar-refractivity contribution in [2.45, 2.75) is 12.8 Å². The largest absolute Gasteiger partial charge is 0.312 e. The molecule has 0 N–H and O–H groups in total. The summed E-state index contributed by atoms with van der Waals surface area (Å²) in [5.41, 5.74) is 2.70. The summed E-state index contributed by atoms with van der Waals surface area (Å²) < 4.78 is 13.1. The van der Waals surface area contributed by atoms with Crippen molar-refractivity contribution in [1.29, 1.82) is 0 Å². The zero-order valence-corrected chi connectivity index (χ0v) is 13.1. The number of halogens is 1. The van der Waals surface area contributed by atoms with Gasteiger partial charge in [0.15, 0.2) is 0 Å². The lowest BCUT2D eigenvalue weighted by molar-refractivity contribution is -0.130. The summed E-state index contributed by atoms with van der Waals surface area (Å²) in [6.07, 6.45) is 1.32. The van der Waals surface area contributed by atoms with Crippen molar-refractivity contribution in [3.8, 4) is 0 Å². The number of carbonyl (C=O) groups excluding carboxylic acids is 2. The molecule has 0 aromatic heterocycles. The molecule has 0 saturated carbocycles. The van der Waals surface area contributed by atoms with Crippen molar-refractivity contribution in [3.05, 3.63) is 59.9 Å². The number of para-hydroxylation sites is 1. The van der Waals surface area contributed by atoms with Crippen molar-refractivity contribution >= 4 is 23.2 Å². The molecule has 2 amide bonds. The van der Waals surface area contributed by atoms with E-state index in [0.29, 0.717) is 25.2 Å². The molecular formula is C19H17FN2O2. The predicted octanol–water partition coefficient (Wildman–Crippen LogP) is 2.77. The second kappa shape index (κ2) is 5.74. The Morgan fingerprint density at radius 3 is 2.58 bits per heavy atom. The molecule has 1 saturated heterocycles. The number of nitrogens with zero attached hydrogens (tertiary/aromatic N) is 2. The van der Waals surface area contributed by atoms with Crippen LogP contribution < -0.4 is 9.80 Å². The van der Waals surface area contributed by atoms with Crippen LogP contribution >= 0.6 is 0 Å². The number of hydrogen-bond donors (Lipinski definition) is 0. The summed E-state index contributed by atoms with van der Waals surface area (Å²) in [5, 5.41) is 0. The van der Waals surface area contributed by atoms with Gasteiger partial charge in [0.05, 0.1) is 0 Å². The maximum atomic E-state index is 13.1. The van der Waals surface area contributed by atoms with Crippen LogP contribution in [0.15, 0.2) is 48.5 Å². The van der Waals surface area contributed by atoms with Crippen molar-refractivity contribution in [2.75, 3.05) is 22.9 Å². The van der Waals surface area contributed by atoms with Gasteiger partial charge >= 0.3 is 0 Å². The second-order valence-electron chi connectivity index (χ2n) is 6.18. The molecule has 5 heteroatoms. The topological polar surface area (TPSA) is 40.6 Å². The van der Waals surface area contributed by atoms with E-state index in [4.69, 9.17) is 0 Å². The molecule has 4 rings (SSSR count). The molecular weight excluding hydrogens is 307 g/mol.